The summed E-state index contributed by atoms with van der Waals surface area (Å²) < 4.78 is 1.60. The van der Waals surface area contributed by atoms with Crippen LogP contribution in [0.2, 0.25) is 5.15 Å². The number of halogens is 1. The highest BCUT2D eigenvalue weighted by Gasteiger charge is 2.23. The molecule has 7 heteroatoms. The number of carbonyl (C=O) groups is 1. The largest absolute Gasteiger partial charge is 0.322 e. The van der Waals surface area contributed by atoms with Gasteiger partial charge in [0.25, 0.3) is 0 Å². The van der Waals surface area contributed by atoms with Gasteiger partial charge in [-0.15, -0.1) is 0 Å². The van der Waals surface area contributed by atoms with Crippen LogP contribution in [0.1, 0.15) is 20.3 Å². The van der Waals surface area contributed by atoms with Gasteiger partial charge in [0, 0.05) is 17.4 Å². The highest BCUT2D eigenvalue weighted by atomic mass is 35.5. The number of rotatable bonds is 6. The lowest BCUT2D eigenvalue weighted by atomic mass is 10.0. The van der Waals surface area contributed by atoms with Crippen molar-refractivity contribution in [1.29, 1.82) is 0 Å². The first-order chi connectivity index (χ1) is 10.6. The fraction of sp³-hybridized carbons (Fsp3) is 0.400. The molecule has 2 atom stereocenters. The molecule has 0 saturated heterocycles. The molecule has 0 aromatic carbocycles. The summed E-state index contributed by atoms with van der Waals surface area (Å²) >= 11 is 7.82. The van der Waals surface area contributed by atoms with Gasteiger partial charge < -0.3 is 5.32 Å². The number of hydrogen-bond acceptors (Lipinski definition) is 4. The zero-order valence-corrected chi connectivity index (χ0v) is 14.4. The summed E-state index contributed by atoms with van der Waals surface area (Å²) in [6.07, 6.45) is 8.03. The summed E-state index contributed by atoms with van der Waals surface area (Å²) in [6.45, 7) is 4.01. The van der Waals surface area contributed by atoms with Gasteiger partial charge in [-0.05, 0) is 24.8 Å². The number of carbonyl (C=O) groups excluding carboxylic acids is 1. The van der Waals surface area contributed by atoms with Crippen LogP contribution in [0.5, 0.6) is 0 Å². The Morgan fingerprint density at radius 2 is 2.32 bits per heavy atom. The van der Waals surface area contributed by atoms with Crippen LogP contribution in [-0.4, -0.2) is 32.2 Å². The van der Waals surface area contributed by atoms with Crippen molar-refractivity contribution in [2.75, 3.05) is 11.6 Å². The van der Waals surface area contributed by atoms with E-state index >= 15 is 0 Å². The Hall–Kier alpha value is -1.53. The van der Waals surface area contributed by atoms with Gasteiger partial charge in [-0.25, -0.2) is 4.68 Å². The standard InChI is InChI=1S/C15H19ClN4OS/c1-4-13(22-3)10(2)15(21)18-12-9-20(19-14(12)16)11-6-5-7-17-8-11/h5-10,13H,4H2,1-3H3,(H,18,21). The van der Waals surface area contributed by atoms with E-state index in [1.54, 1.807) is 35.0 Å². The fourth-order valence-electron chi connectivity index (χ4n) is 2.20. The van der Waals surface area contributed by atoms with E-state index in [1.165, 1.54) is 0 Å². The molecule has 2 aromatic rings. The maximum atomic E-state index is 12.3. The molecule has 0 aliphatic heterocycles. The van der Waals surface area contributed by atoms with Crippen molar-refractivity contribution in [3.05, 3.63) is 35.9 Å². The molecule has 1 amide bonds. The van der Waals surface area contributed by atoms with Crippen LogP contribution in [0.25, 0.3) is 5.69 Å². The average molecular weight is 339 g/mol. The summed E-state index contributed by atoms with van der Waals surface area (Å²) in [5.41, 5.74) is 1.30. The first-order valence-electron chi connectivity index (χ1n) is 7.06. The van der Waals surface area contributed by atoms with Crippen LogP contribution in [0, 0.1) is 5.92 Å². The van der Waals surface area contributed by atoms with Crippen molar-refractivity contribution in [3.63, 3.8) is 0 Å². The van der Waals surface area contributed by atoms with E-state index in [1.807, 2.05) is 25.3 Å². The Bertz CT molecular complexity index is 628. The second-order valence-corrected chi connectivity index (χ2v) is 6.38. The van der Waals surface area contributed by atoms with Gasteiger partial charge in [0.2, 0.25) is 5.91 Å². The molecule has 2 heterocycles. The molecule has 1 N–H and O–H groups in total. The second-order valence-electron chi connectivity index (χ2n) is 4.95. The predicted molar refractivity (Wildman–Crippen MR) is 91.8 cm³/mol. The van der Waals surface area contributed by atoms with Gasteiger partial charge in [-0.1, -0.05) is 25.4 Å². The van der Waals surface area contributed by atoms with E-state index in [-0.39, 0.29) is 22.2 Å². The van der Waals surface area contributed by atoms with Crippen LogP contribution in [0.15, 0.2) is 30.7 Å². The molecule has 0 aliphatic carbocycles. The molecule has 118 valence electrons. The third-order valence-corrected chi connectivity index (χ3v) is 5.14. The normalized spacial score (nSPS) is 13.6. The van der Waals surface area contributed by atoms with E-state index in [0.29, 0.717) is 5.69 Å². The summed E-state index contributed by atoms with van der Waals surface area (Å²) in [6, 6.07) is 3.68. The lowest BCUT2D eigenvalue weighted by molar-refractivity contribution is -0.119. The van der Waals surface area contributed by atoms with E-state index in [4.69, 9.17) is 11.6 Å². The lowest BCUT2D eigenvalue weighted by Gasteiger charge is -2.19. The molecule has 22 heavy (non-hydrogen) atoms. The summed E-state index contributed by atoms with van der Waals surface area (Å²) in [4.78, 5) is 16.4. The number of nitrogens with zero attached hydrogens (tertiary/aromatic N) is 3. The average Bonchev–Trinajstić information content (AvgIpc) is 2.90. The quantitative estimate of drug-likeness (QED) is 0.873. The molecule has 2 unspecified atom stereocenters. The number of anilines is 1. The molecule has 0 radical (unpaired) electrons. The SMILES string of the molecule is CCC(SC)C(C)C(=O)Nc1cn(-c2cccnc2)nc1Cl. The van der Waals surface area contributed by atoms with E-state index in [0.717, 1.165) is 12.1 Å². The Morgan fingerprint density at radius 1 is 1.55 bits per heavy atom. The minimum Gasteiger partial charge on any atom is -0.322 e. The number of nitrogens with one attached hydrogen (secondary N) is 1. The van der Waals surface area contributed by atoms with Crippen LogP contribution < -0.4 is 5.32 Å². The number of hydrogen-bond donors (Lipinski definition) is 1. The van der Waals surface area contributed by atoms with Crippen molar-refractivity contribution in [2.45, 2.75) is 25.5 Å². The van der Waals surface area contributed by atoms with Crippen molar-refractivity contribution >= 4 is 35.0 Å². The molecule has 0 fully saturated rings. The molecule has 0 aliphatic rings. The summed E-state index contributed by atoms with van der Waals surface area (Å²) in [5.74, 6) is -0.147. The Balaban J connectivity index is 2.14. The summed E-state index contributed by atoms with van der Waals surface area (Å²) in [5, 5.41) is 7.61. The number of thioether (sulfide) groups is 1. The van der Waals surface area contributed by atoms with Crippen LogP contribution in [-0.2, 0) is 4.79 Å². The smallest absolute Gasteiger partial charge is 0.228 e. The van der Waals surface area contributed by atoms with Gasteiger partial charge in [-0.3, -0.25) is 9.78 Å². The monoisotopic (exact) mass is 338 g/mol. The van der Waals surface area contributed by atoms with Crippen molar-refractivity contribution in [2.24, 2.45) is 5.92 Å². The van der Waals surface area contributed by atoms with Crippen LogP contribution in [0.4, 0.5) is 5.69 Å². The number of pyridine rings is 1. The van der Waals surface area contributed by atoms with Crippen molar-refractivity contribution < 1.29 is 4.79 Å². The maximum Gasteiger partial charge on any atom is 0.228 e. The molecule has 2 aromatic heterocycles. The fourth-order valence-corrected chi connectivity index (χ4v) is 3.24. The van der Waals surface area contributed by atoms with Crippen LogP contribution in [0.3, 0.4) is 0 Å². The molecule has 0 bridgehead atoms. The second kappa shape index (κ2) is 7.65. The van der Waals surface area contributed by atoms with Gasteiger partial charge in [-0.2, -0.15) is 16.9 Å². The predicted octanol–water partition coefficient (Wildman–Crippen LogP) is 3.64. The highest BCUT2D eigenvalue weighted by Crippen LogP contribution is 2.25. The van der Waals surface area contributed by atoms with Gasteiger partial charge in [0.15, 0.2) is 5.15 Å². The van der Waals surface area contributed by atoms with Crippen molar-refractivity contribution in [3.8, 4) is 5.69 Å². The lowest BCUT2D eigenvalue weighted by Crippen LogP contribution is -2.28. The molecule has 5 nitrogen and oxygen atoms in total. The van der Waals surface area contributed by atoms with E-state index in [2.05, 4.69) is 22.3 Å². The molecular weight excluding hydrogens is 320 g/mol. The molecule has 0 saturated carbocycles. The Labute approximate surface area is 139 Å². The van der Waals surface area contributed by atoms with Gasteiger partial charge in [0.05, 0.1) is 23.8 Å². The molecule has 2 rings (SSSR count). The minimum absolute atomic E-state index is 0.0474. The third kappa shape index (κ3) is 3.81. The number of aromatic nitrogens is 3. The topological polar surface area (TPSA) is 59.8 Å². The molecular formula is C15H19ClN4OS. The Kier molecular flexibility index (Phi) is 5.85. The zero-order chi connectivity index (χ0) is 16.1. The van der Waals surface area contributed by atoms with E-state index in [9.17, 15) is 4.79 Å². The number of amides is 1. The van der Waals surface area contributed by atoms with Crippen molar-refractivity contribution in [1.82, 2.24) is 14.8 Å². The minimum atomic E-state index is -0.0993. The van der Waals surface area contributed by atoms with Crippen LogP contribution >= 0.6 is 23.4 Å². The zero-order valence-electron chi connectivity index (χ0n) is 12.8. The highest BCUT2D eigenvalue weighted by molar-refractivity contribution is 7.99. The van der Waals surface area contributed by atoms with Gasteiger partial charge in [0.1, 0.15) is 0 Å². The first kappa shape index (κ1) is 16.8. The molecule has 0 spiro atoms. The maximum absolute atomic E-state index is 12.3. The van der Waals surface area contributed by atoms with Gasteiger partial charge >= 0.3 is 0 Å². The third-order valence-electron chi connectivity index (χ3n) is 3.51. The first-order valence-corrected chi connectivity index (χ1v) is 8.72. The van der Waals surface area contributed by atoms with E-state index < -0.39 is 0 Å². The summed E-state index contributed by atoms with van der Waals surface area (Å²) in [7, 11) is 0. The Morgan fingerprint density at radius 3 is 2.91 bits per heavy atom.